The highest BCUT2D eigenvalue weighted by Gasteiger charge is 2.17. The summed E-state index contributed by atoms with van der Waals surface area (Å²) < 4.78 is 18.4. The zero-order valence-electron chi connectivity index (χ0n) is 9.86. The van der Waals surface area contributed by atoms with Crippen LogP contribution in [0.3, 0.4) is 0 Å². The Kier molecular flexibility index (Phi) is 3.56. The minimum Gasteiger partial charge on any atom is -0.450 e. The summed E-state index contributed by atoms with van der Waals surface area (Å²) in [5, 5.41) is 21.4. The average molecular weight is 278 g/mol. The summed E-state index contributed by atoms with van der Waals surface area (Å²) >= 11 is 0. The van der Waals surface area contributed by atoms with E-state index in [0.717, 1.165) is 18.2 Å². The number of benzene rings is 2. The highest BCUT2D eigenvalue weighted by atomic mass is 19.1. The van der Waals surface area contributed by atoms with Gasteiger partial charge in [0.2, 0.25) is 5.75 Å². The van der Waals surface area contributed by atoms with Gasteiger partial charge in [-0.3, -0.25) is 20.2 Å². The maximum atomic E-state index is 13.2. The maximum Gasteiger partial charge on any atom is 0.311 e. The second-order valence-corrected chi connectivity index (χ2v) is 3.73. The highest BCUT2D eigenvalue weighted by Crippen LogP contribution is 2.32. The van der Waals surface area contributed by atoms with Gasteiger partial charge in [0.25, 0.3) is 5.69 Å². The molecule has 0 fully saturated rings. The first kappa shape index (κ1) is 13.4. The van der Waals surface area contributed by atoms with E-state index in [-0.39, 0.29) is 17.2 Å². The van der Waals surface area contributed by atoms with E-state index in [0.29, 0.717) is 0 Å². The Hall–Kier alpha value is -3.03. The molecular weight excluding hydrogens is 271 g/mol. The molecule has 20 heavy (non-hydrogen) atoms. The quantitative estimate of drug-likeness (QED) is 0.630. The van der Waals surface area contributed by atoms with Crippen molar-refractivity contribution < 1.29 is 19.0 Å². The smallest absolute Gasteiger partial charge is 0.311 e. The van der Waals surface area contributed by atoms with Crippen molar-refractivity contribution in [2.45, 2.75) is 0 Å². The Morgan fingerprint density at radius 3 is 2.35 bits per heavy atom. The maximum absolute atomic E-state index is 13.2. The number of non-ortho nitro benzene ring substituents is 1. The van der Waals surface area contributed by atoms with Gasteiger partial charge in [0, 0.05) is 12.1 Å². The van der Waals surface area contributed by atoms with Crippen LogP contribution in [-0.4, -0.2) is 9.85 Å². The summed E-state index contributed by atoms with van der Waals surface area (Å²) in [7, 11) is 0. The molecule has 2 aromatic carbocycles. The fourth-order valence-electron chi connectivity index (χ4n) is 1.53. The van der Waals surface area contributed by atoms with Crippen LogP contribution in [0.5, 0.6) is 11.5 Å². The van der Waals surface area contributed by atoms with Gasteiger partial charge in [-0.2, -0.15) is 0 Å². The standard InChI is InChI=1S/C12H7FN2O5/c13-8-5-9(14(16)17)7-10(6-8)20-12-4-2-1-3-11(12)15(18)19/h1-7H. The van der Waals surface area contributed by atoms with Gasteiger partial charge in [-0.25, -0.2) is 4.39 Å². The third kappa shape index (κ3) is 2.86. The highest BCUT2D eigenvalue weighted by molar-refractivity contribution is 5.49. The van der Waals surface area contributed by atoms with Crippen LogP contribution in [0.1, 0.15) is 0 Å². The first-order valence-electron chi connectivity index (χ1n) is 5.33. The molecule has 7 nitrogen and oxygen atoms in total. The van der Waals surface area contributed by atoms with Gasteiger partial charge in [0.05, 0.1) is 22.0 Å². The Morgan fingerprint density at radius 2 is 1.70 bits per heavy atom. The van der Waals surface area contributed by atoms with Gasteiger partial charge in [0.1, 0.15) is 11.6 Å². The van der Waals surface area contributed by atoms with Crippen molar-refractivity contribution in [1.29, 1.82) is 0 Å². The summed E-state index contributed by atoms with van der Waals surface area (Å²) in [4.78, 5) is 20.0. The van der Waals surface area contributed by atoms with Crippen molar-refractivity contribution >= 4 is 11.4 Å². The second-order valence-electron chi connectivity index (χ2n) is 3.73. The number of halogens is 1. The number of nitrogens with zero attached hydrogens (tertiary/aromatic N) is 2. The number of nitro groups is 2. The van der Waals surface area contributed by atoms with E-state index in [1.165, 1.54) is 24.3 Å². The lowest BCUT2D eigenvalue weighted by Gasteiger charge is -2.06. The van der Waals surface area contributed by atoms with Crippen molar-refractivity contribution in [2.75, 3.05) is 0 Å². The molecule has 8 heteroatoms. The Morgan fingerprint density at radius 1 is 1.00 bits per heavy atom. The lowest BCUT2D eigenvalue weighted by atomic mass is 10.2. The minimum atomic E-state index is -0.868. The fourth-order valence-corrected chi connectivity index (χ4v) is 1.53. The predicted molar refractivity (Wildman–Crippen MR) is 66.2 cm³/mol. The van der Waals surface area contributed by atoms with Crippen LogP contribution in [0.15, 0.2) is 42.5 Å². The predicted octanol–water partition coefficient (Wildman–Crippen LogP) is 3.43. The third-order valence-electron chi connectivity index (χ3n) is 2.36. The molecule has 0 aromatic heterocycles. The molecule has 0 aliphatic carbocycles. The molecule has 0 saturated heterocycles. The van der Waals surface area contributed by atoms with Gasteiger partial charge in [0.15, 0.2) is 0 Å². The Bertz CT molecular complexity index is 689. The van der Waals surface area contributed by atoms with Gasteiger partial charge in [-0.15, -0.1) is 0 Å². The summed E-state index contributed by atoms with van der Waals surface area (Å²) in [5.74, 6) is -1.18. The molecule has 0 aliphatic heterocycles. The van der Waals surface area contributed by atoms with Crippen LogP contribution in [0.2, 0.25) is 0 Å². The fraction of sp³-hybridized carbons (Fsp3) is 0. The van der Waals surface area contributed by atoms with E-state index in [1.807, 2.05) is 0 Å². The lowest BCUT2D eigenvalue weighted by Crippen LogP contribution is -1.95. The molecule has 0 spiro atoms. The molecule has 0 radical (unpaired) electrons. The van der Waals surface area contributed by atoms with Crippen LogP contribution in [0.25, 0.3) is 0 Å². The summed E-state index contributed by atoms with van der Waals surface area (Å²) in [6.45, 7) is 0. The molecular formula is C12H7FN2O5. The van der Waals surface area contributed by atoms with Crippen LogP contribution in [0.4, 0.5) is 15.8 Å². The summed E-state index contributed by atoms with van der Waals surface area (Å²) in [6, 6.07) is 8.09. The van der Waals surface area contributed by atoms with E-state index < -0.39 is 21.4 Å². The van der Waals surface area contributed by atoms with Crippen molar-refractivity contribution in [2.24, 2.45) is 0 Å². The second kappa shape index (κ2) is 5.31. The molecule has 0 unspecified atom stereocenters. The number of nitro benzene ring substituents is 2. The number of para-hydroxylation sites is 2. The van der Waals surface area contributed by atoms with Gasteiger partial charge < -0.3 is 4.74 Å². The largest absolute Gasteiger partial charge is 0.450 e. The van der Waals surface area contributed by atoms with Crippen molar-refractivity contribution in [3.8, 4) is 11.5 Å². The van der Waals surface area contributed by atoms with Crippen LogP contribution < -0.4 is 4.74 Å². The molecule has 0 heterocycles. The summed E-state index contributed by atoms with van der Waals surface area (Å²) in [6.07, 6.45) is 0. The average Bonchev–Trinajstić information content (AvgIpc) is 2.38. The van der Waals surface area contributed by atoms with Gasteiger partial charge in [-0.1, -0.05) is 12.1 Å². The zero-order chi connectivity index (χ0) is 14.7. The number of ether oxygens (including phenoxy) is 1. The monoisotopic (exact) mass is 278 g/mol. The van der Waals surface area contributed by atoms with Crippen molar-refractivity contribution in [1.82, 2.24) is 0 Å². The minimum absolute atomic E-state index is 0.127. The van der Waals surface area contributed by atoms with E-state index in [1.54, 1.807) is 0 Å². The number of hydrogen-bond donors (Lipinski definition) is 0. The summed E-state index contributed by atoms with van der Waals surface area (Å²) in [5.41, 5.74) is -0.821. The van der Waals surface area contributed by atoms with Crippen molar-refractivity contribution in [3.63, 3.8) is 0 Å². The molecule has 2 aromatic rings. The van der Waals surface area contributed by atoms with E-state index >= 15 is 0 Å². The van der Waals surface area contributed by atoms with Gasteiger partial charge in [-0.05, 0) is 6.07 Å². The molecule has 0 N–H and O–H groups in total. The lowest BCUT2D eigenvalue weighted by molar-refractivity contribution is -0.386. The normalized spacial score (nSPS) is 10.1. The van der Waals surface area contributed by atoms with E-state index in [4.69, 9.17) is 4.74 Å². The molecule has 2 rings (SSSR count). The topological polar surface area (TPSA) is 95.5 Å². The molecule has 0 atom stereocenters. The third-order valence-corrected chi connectivity index (χ3v) is 2.36. The van der Waals surface area contributed by atoms with E-state index in [2.05, 4.69) is 0 Å². The molecule has 0 saturated carbocycles. The van der Waals surface area contributed by atoms with Crippen LogP contribution in [-0.2, 0) is 0 Å². The number of hydrogen-bond acceptors (Lipinski definition) is 5. The molecule has 0 aliphatic rings. The van der Waals surface area contributed by atoms with Crippen molar-refractivity contribution in [3.05, 3.63) is 68.5 Å². The molecule has 0 amide bonds. The SMILES string of the molecule is O=[N+]([O-])c1cc(F)cc(Oc2ccccc2[N+](=O)[O-])c1. The first-order valence-corrected chi connectivity index (χ1v) is 5.33. The zero-order valence-corrected chi connectivity index (χ0v) is 9.86. The van der Waals surface area contributed by atoms with E-state index in [9.17, 15) is 24.6 Å². The van der Waals surface area contributed by atoms with Gasteiger partial charge >= 0.3 is 5.69 Å². The Balaban J connectivity index is 2.40. The van der Waals surface area contributed by atoms with Crippen LogP contribution >= 0.6 is 0 Å². The Labute approximate surface area is 111 Å². The van der Waals surface area contributed by atoms with Crippen LogP contribution in [0, 0.1) is 26.0 Å². The number of rotatable bonds is 4. The first-order chi connectivity index (χ1) is 9.47. The molecule has 102 valence electrons. The molecule has 0 bridgehead atoms.